The standard InChI is InChI=1S/C19H20N2O.ClH/c20-16(12-14-6-2-1-3-7-14)18(22)21-13-19(10-11-19)15-8-4-5-9-17(15)21;/h1-9,16H,10-13,20H2;1H/t16-;/m0./s1. The van der Waals surface area contributed by atoms with Gasteiger partial charge in [0.1, 0.15) is 0 Å². The smallest absolute Gasteiger partial charge is 0.244 e. The molecule has 1 fully saturated rings. The van der Waals surface area contributed by atoms with Crippen molar-refractivity contribution >= 4 is 24.0 Å². The zero-order chi connectivity index (χ0) is 15.2. The van der Waals surface area contributed by atoms with Gasteiger partial charge < -0.3 is 10.6 Å². The number of carbonyl (C=O) groups excluding carboxylic acids is 1. The van der Waals surface area contributed by atoms with Gasteiger partial charge >= 0.3 is 0 Å². The lowest BCUT2D eigenvalue weighted by Gasteiger charge is -2.22. The zero-order valence-electron chi connectivity index (χ0n) is 12.9. The third-order valence-electron chi connectivity index (χ3n) is 4.96. The third kappa shape index (κ3) is 2.75. The van der Waals surface area contributed by atoms with Crippen LogP contribution >= 0.6 is 12.4 Å². The molecule has 120 valence electrons. The molecule has 4 heteroatoms. The molecule has 0 aromatic heterocycles. The largest absolute Gasteiger partial charge is 0.320 e. The van der Waals surface area contributed by atoms with Crippen molar-refractivity contribution in [1.82, 2.24) is 0 Å². The van der Waals surface area contributed by atoms with E-state index in [-0.39, 0.29) is 23.7 Å². The van der Waals surface area contributed by atoms with Crippen molar-refractivity contribution in [1.29, 1.82) is 0 Å². The van der Waals surface area contributed by atoms with Crippen LogP contribution in [0.25, 0.3) is 0 Å². The van der Waals surface area contributed by atoms with E-state index < -0.39 is 6.04 Å². The van der Waals surface area contributed by atoms with Crippen LogP contribution in [0.5, 0.6) is 0 Å². The molecule has 0 bridgehead atoms. The molecule has 2 aliphatic rings. The van der Waals surface area contributed by atoms with Gasteiger partial charge in [0.25, 0.3) is 0 Å². The van der Waals surface area contributed by atoms with Crippen LogP contribution in [0.2, 0.25) is 0 Å². The van der Waals surface area contributed by atoms with Crippen molar-refractivity contribution in [3.05, 3.63) is 65.7 Å². The van der Waals surface area contributed by atoms with Crippen LogP contribution in [0.3, 0.4) is 0 Å². The van der Waals surface area contributed by atoms with Crippen molar-refractivity contribution < 1.29 is 4.79 Å². The molecule has 23 heavy (non-hydrogen) atoms. The molecule has 0 saturated heterocycles. The summed E-state index contributed by atoms with van der Waals surface area (Å²) < 4.78 is 0. The minimum Gasteiger partial charge on any atom is -0.320 e. The second-order valence-corrected chi connectivity index (χ2v) is 6.52. The van der Waals surface area contributed by atoms with Crippen molar-refractivity contribution in [3.63, 3.8) is 0 Å². The third-order valence-corrected chi connectivity index (χ3v) is 4.96. The van der Waals surface area contributed by atoms with E-state index in [2.05, 4.69) is 18.2 Å². The highest BCUT2D eigenvalue weighted by Gasteiger charge is 2.53. The van der Waals surface area contributed by atoms with Crippen LogP contribution in [0.4, 0.5) is 5.69 Å². The Balaban J connectivity index is 0.00000156. The van der Waals surface area contributed by atoms with Crippen molar-refractivity contribution in [2.24, 2.45) is 5.73 Å². The van der Waals surface area contributed by atoms with Crippen molar-refractivity contribution in [2.75, 3.05) is 11.4 Å². The summed E-state index contributed by atoms with van der Waals surface area (Å²) in [7, 11) is 0. The predicted octanol–water partition coefficient (Wildman–Crippen LogP) is 3.06. The Hall–Kier alpha value is -1.84. The number of carbonyl (C=O) groups is 1. The topological polar surface area (TPSA) is 46.3 Å². The molecular formula is C19H21ClN2O. The normalized spacial score (nSPS) is 18.2. The van der Waals surface area contributed by atoms with Gasteiger partial charge in [-0.1, -0.05) is 48.5 Å². The molecule has 2 aromatic rings. The van der Waals surface area contributed by atoms with Gasteiger partial charge in [-0.05, 0) is 36.5 Å². The van der Waals surface area contributed by atoms with Gasteiger partial charge in [0.05, 0.1) is 6.04 Å². The highest BCUT2D eigenvalue weighted by atomic mass is 35.5. The van der Waals surface area contributed by atoms with Gasteiger partial charge in [0.15, 0.2) is 0 Å². The number of nitrogens with zero attached hydrogens (tertiary/aromatic N) is 1. The van der Waals surface area contributed by atoms with E-state index in [0.717, 1.165) is 17.8 Å². The van der Waals surface area contributed by atoms with Gasteiger partial charge in [0.2, 0.25) is 5.91 Å². The molecule has 0 unspecified atom stereocenters. The lowest BCUT2D eigenvalue weighted by Crippen LogP contribution is -2.45. The summed E-state index contributed by atoms with van der Waals surface area (Å²) in [6, 6.07) is 17.8. The minimum absolute atomic E-state index is 0. The maximum atomic E-state index is 12.8. The Bertz CT molecular complexity index is 712. The Morgan fingerprint density at radius 1 is 1.09 bits per heavy atom. The molecule has 4 rings (SSSR count). The monoisotopic (exact) mass is 328 g/mol. The number of benzene rings is 2. The minimum atomic E-state index is -0.482. The van der Waals surface area contributed by atoms with Crippen LogP contribution in [0.15, 0.2) is 54.6 Å². The molecule has 1 aliphatic heterocycles. The van der Waals surface area contributed by atoms with Crippen molar-refractivity contribution in [2.45, 2.75) is 30.7 Å². The van der Waals surface area contributed by atoms with Gasteiger partial charge in [-0.2, -0.15) is 0 Å². The lowest BCUT2D eigenvalue weighted by atomic mass is 9.99. The molecule has 2 aromatic carbocycles. The number of amides is 1. The van der Waals surface area contributed by atoms with E-state index in [0.29, 0.717) is 6.42 Å². The number of fused-ring (bicyclic) bond motifs is 2. The molecular weight excluding hydrogens is 308 g/mol. The fraction of sp³-hybridized carbons (Fsp3) is 0.316. The van der Waals surface area contributed by atoms with Crippen LogP contribution in [0, 0.1) is 0 Å². The second kappa shape index (κ2) is 5.99. The lowest BCUT2D eigenvalue weighted by molar-refractivity contribution is -0.119. The maximum absolute atomic E-state index is 12.8. The van der Waals surface area contributed by atoms with E-state index in [1.165, 1.54) is 18.4 Å². The molecule has 0 radical (unpaired) electrons. The highest BCUT2D eigenvalue weighted by Crippen LogP contribution is 2.56. The number of hydrogen-bond donors (Lipinski definition) is 1. The summed E-state index contributed by atoms with van der Waals surface area (Å²) in [5, 5.41) is 0. The van der Waals surface area contributed by atoms with Gasteiger partial charge in [-0.15, -0.1) is 12.4 Å². The van der Waals surface area contributed by atoms with Gasteiger partial charge in [-0.3, -0.25) is 4.79 Å². The van der Waals surface area contributed by atoms with Gasteiger partial charge in [0, 0.05) is 17.6 Å². The SMILES string of the molecule is Cl.N[C@@H](Cc1ccccc1)C(=O)N1CC2(CC2)c2ccccc21. The quantitative estimate of drug-likeness (QED) is 0.941. The average molecular weight is 329 g/mol. The van der Waals surface area contributed by atoms with Crippen LogP contribution < -0.4 is 10.6 Å². The molecule has 1 atom stereocenters. The Morgan fingerprint density at radius 3 is 2.43 bits per heavy atom. The maximum Gasteiger partial charge on any atom is 0.244 e. The van der Waals surface area contributed by atoms with Crippen molar-refractivity contribution in [3.8, 4) is 0 Å². The fourth-order valence-electron chi connectivity index (χ4n) is 3.56. The van der Waals surface area contributed by atoms with Crippen LogP contribution in [0.1, 0.15) is 24.0 Å². The molecule has 1 amide bonds. The van der Waals surface area contributed by atoms with E-state index in [1.807, 2.05) is 41.3 Å². The van der Waals surface area contributed by atoms with Crippen LogP contribution in [-0.2, 0) is 16.6 Å². The van der Waals surface area contributed by atoms with E-state index in [4.69, 9.17) is 5.73 Å². The number of anilines is 1. The Kier molecular flexibility index (Phi) is 4.17. The first-order valence-corrected chi connectivity index (χ1v) is 7.90. The average Bonchev–Trinajstić information content (AvgIpc) is 3.26. The molecule has 1 spiro atoms. The molecule has 1 saturated carbocycles. The zero-order valence-corrected chi connectivity index (χ0v) is 13.8. The molecule has 1 aliphatic carbocycles. The summed E-state index contributed by atoms with van der Waals surface area (Å²) in [5.41, 5.74) is 9.93. The summed E-state index contributed by atoms with van der Waals surface area (Å²) in [6.45, 7) is 0.799. The first kappa shape index (κ1) is 16.0. The molecule has 1 heterocycles. The number of rotatable bonds is 3. The number of halogens is 1. The molecule has 3 nitrogen and oxygen atoms in total. The number of nitrogens with two attached hydrogens (primary N) is 1. The number of hydrogen-bond acceptors (Lipinski definition) is 2. The molecule has 2 N–H and O–H groups in total. The Labute approximate surface area is 142 Å². The van der Waals surface area contributed by atoms with E-state index in [1.54, 1.807) is 0 Å². The highest BCUT2D eigenvalue weighted by molar-refractivity contribution is 6.00. The predicted molar refractivity (Wildman–Crippen MR) is 95.1 cm³/mol. The first-order chi connectivity index (χ1) is 10.7. The fourth-order valence-corrected chi connectivity index (χ4v) is 3.56. The number of para-hydroxylation sites is 1. The van der Waals surface area contributed by atoms with Gasteiger partial charge in [-0.25, -0.2) is 0 Å². The summed E-state index contributed by atoms with van der Waals surface area (Å²) in [5.74, 6) is 0.0417. The van der Waals surface area contributed by atoms with Crippen LogP contribution in [-0.4, -0.2) is 18.5 Å². The summed E-state index contributed by atoms with van der Waals surface area (Å²) >= 11 is 0. The summed E-state index contributed by atoms with van der Waals surface area (Å²) in [6.07, 6.45) is 2.95. The Morgan fingerprint density at radius 2 is 1.74 bits per heavy atom. The second-order valence-electron chi connectivity index (χ2n) is 6.52. The first-order valence-electron chi connectivity index (χ1n) is 7.90. The summed E-state index contributed by atoms with van der Waals surface area (Å²) in [4.78, 5) is 14.7. The van der Waals surface area contributed by atoms with E-state index >= 15 is 0 Å². The van der Waals surface area contributed by atoms with E-state index in [9.17, 15) is 4.79 Å².